The predicted octanol–water partition coefficient (Wildman–Crippen LogP) is 0.304. The van der Waals surface area contributed by atoms with Crippen LogP contribution in [-0.4, -0.2) is 24.5 Å². The zero-order valence-electron chi connectivity index (χ0n) is 11.1. The number of primary sulfonamides is 1. The molecule has 0 bridgehead atoms. The van der Waals surface area contributed by atoms with Crippen molar-refractivity contribution in [1.29, 1.82) is 0 Å². The molecule has 2 rings (SSSR count). The Morgan fingerprint density at radius 1 is 1.40 bits per heavy atom. The molecular weight excluding hydrogens is 278 g/mol. The Bertz CT molecular complexity index is 708. The highest BCUT2D eigenvalue weighted by Gasteiger charge is 2.10. The van der Waals surface area contributed by atoms with Crippen LogP contribution in [0.15, 0.2) is 35.5 Å². The molecule has 0 atom stereocenters. The number of anilines is 2. The van der Waals surface area contributed by atoms with E-state index in [9.17, 15) is 8.42 Å². The lowest BCUT2D eigenvalue weighted by atomic mass is 10.2. The molecule has 108 valence electrons. The lowest BCUT2D eigenvalue weighted by molar-refractivity contribution is 0.598. The second-order valence-corrected chi connectivity index (χ2v) is 5.99. The quantitative estimate of drug-likeness (QED) is 0.686. The SMILES string of the molecule is Cn1ccnc1CCNc1cc(S(N)(=O)=O)ccc1N. The third-order valence-corrected chi connectivity index (χ3v) is 3.85. The van der Waals surface area contributed by atoms with E-state index in [-0.39, 0.29) is 4.90 Å². The van der Waals surface area contributed by atoms with Gasteiger partial charge in [0.25, 0.3) is 0 Å². The molecule has 0 radical (unpaired) electrons. The van der Waals surface area contributed by atoms with Crippen LogP contribution in [0.25, 0.3) is 0 Å². The molecule has 7 nitrogen and oxygen atoms in total. The molecule has 0 spiro atoms. The third kappa shape index (κ3) is 3.28. The van der Waals surface area contributed by atoms with Gasteiger partial charge in [-0.2, -0.15) is 0 Å². The fraction of sp³-hybridized carbons (Fsp3) is 0.250. The van der Waals surface area contributed by atoms with E-state index < -0.39 is 10.0 Å². The first kappa shape index (κ1) is 14.4. The number of nitrogens with zero attached hydrogens (tertiary/aromatic N) is 2. The lowest BCUT2D eigenvalue weighted by Crippen LogP contribution is -2.14. The Labute approximate surface area is 117 Å². The van der Waals surface area contributed by atoms with Crippen molar-refractivity contribution in [1.82, 2.24) is 9.55 Å². The smallest absolute Gasteiger partial charge is 0.238 e. The number of benzene rings is 1. The van der Waals surface area contributed by atoms with E-state index >= 15 is 0 Å². The summed E-state index contributed by atoms with van der Waals surface area (Å²) in [6.45, 7) is 0.586. The van der Waals surface area contributed by atoms with Gasteiger partial charge < -0.3 is 15.6 Å². The molecule has 2 aromatic rings. The van der Waals surface area contributed by atoms with Gasteiger partial charge in [0.15, 0.2) is 0 Å². The van der Waals surface area contributed by atoms with Gasteiger partial charge >= 0.3 is 0 Å². The van der Waals surface area contributed by atoms with E-state index in [4.69, 9.17) is 10.9 Å². The summed E-state index contributed by atoms with van der Waals surface area (Å²) in [5, 5.41) is 8.18. The van der Waals surface area contributed by atoms with Crippen LogP contribution in [0.3, 0.4) is 0 Å². The van der Waals surface area contributed by atoms with E-state index in [2.05, 4.69) is 10.3 Å². The summed E-state index contributed by atoms with van der Waals surface area (Å²) >= 11 is 0. The van der Waals surface area contributed by atoms with Crippen molar-refractivity contribution < 1.29 is 8.42 Å². The topological polar surface area (TPSA) is 116 Å². The van der Waals surface area contributed by atoms with Gasteiger partial charge in [0, 0.05) is 32.4 Å². The van der Waals surface area contributed by atoms with Crippen molar-refractivity contribution >= 4 is 21.4 Å². The molecule has 20 heavy (non-hydrogen) atoms. The summed E-state index contributed by atoms with van der Waals surface area (Å²) in [5.41, 5.74) is 6.82. The molecule has 0 aliphatic carbocycles. The number of nitrogens with two attached hydrogens (primary N) is 2. The average molecular weight is 295 g/mol. The number of aromatic nitrogens is 2. The number of imidazole rings is 1. The molecule has 1 aromatic heterocycles. The highest BCUT2D eigenvalue weighted by molar-refractivity contribution is 7.89. The van der Waals surface area contributed by atoms with Gasteiger partial charge in [-0.25, -0.2) is 18.5 Å². The summed E-state index contributed by atoms with van der Waals surface area (Å²) in [6, 6.07) is 4.33. The Kier molecular flexibility index (Phi) is 3.96. The van der Waals surface area contributed by atoms with E-state index in [1.165, 1.54) is 18.2 Å². The van der Waals surface area contributed by atoms with Crippen molar-refractivity contribution in [3.8, 4) is 0 Å². The minimum Gasteiger partial charge on any atom is -0.397 e. The van der Waals surface area contributed by atoms with Gasteiger partial charge in [0.1, 0.15) is 5.82 Å². The highest BCUT2D eigenvalue weighted by atomic mass is 32.2. The summed E-state index contributed by atoms with van der Waals surface area (Å²) in [4.78, 5) is 4.24. The normalized spacial score (nSPS) is 11.5. The minimum atomic E-state index is -3.73. The maximum absolute atomic E-state index is 11.3. The summed E-state index contributed by atoms with van der Waals surface area (Å²) in [6.07, 6.45) is 4.29. The van der Waals surface area contributed by atoms with Gasteiger partial charge in [-0.05, 0) is 18.2 Å². The second-order valence-electron chi connectivity index (χ2n) is 4.43. The fourth-order valence-electron chi connectivity index (χ4n) is 1.81. The van der Waals surface area contributed by atoms with Crippen LogP contribution in [0.1, 0.15) is 5.82 Å². The van der Waals surface area contributed by atoms with Crippen molar-refractivity contribution in [3.63, 3.8) is 0 Å². The number of hydrogen-bond acceptors (Lipinski definition) is 5. The Hall–Kier alpha value is -2.06. The fourth-order valence-corrected chi connectivity index (χ4v) is 2.35. The number of sulfonamides is 1. The number of nitrogen functional groups attached to an aromatic ring is 1. The number of nitrogens with one attached hydrogen (secondary N) is 1. The molecule has 0 saturated heterocycles. The average Bonchev–Trinajstić information content (AvgIpc) is 2.76. The summed E-state index contributed by atoms with van der Waals surface area (Å²) < 4.78 is 24.5. The molecule has 1 aromatic carbocycles. The molecule has 0 fully saturated rings. The van der Waals surface area contributed by atoms with Gasteiger partial charge in [-0.3, -0.25) is 0 Å². The van der Waals surface area contributed by atoms with E-state index in [1.807, 2.05) is 17.8 Å². The molecule has 0 saturated carbocycles. The lowest BCUT2D eigenvalue weighted by Gasteiger charge is -2.10. The maximum Gasteiger partial charge on any atom is 0.238 e. The molecule has 0 aliphatic rings. The molecule has 0 amide bonds. The van der Waals surface area contributed by atoms with Gasteiger partial charge in [-0.15, -0.1) is 0 Å². The van der Waals surface area contributed by atoms with E-state index in [0.29, 0.717) is 24.3 Å². The van der Waals surface area contributed by atoms with Crippen LogP contribution in [-0.2, 0) is 23.5 Å². The molecule has 5 N–H and O–H groups in total. The van der Waals surface area contributed by atoms with Crippen LogP contribution in [0.2, 0.25) is 0 Å². The first-order chi connectivity index (χ1) is 9.38. The van der Waals surface area contributed by atoms with Crippen molar-refractivity contribution in [2.45, 2.75) is 11.3 Å². The van der Waals surface area contributed by atoms with Crippen LogP contribution in [0.5, 0.6) is 0 Å². The van der Waals surface area contributed by atoms with Crippen LogP contribution in [0, 0.1) is 0 Å². The monoisotopic (exact) mass is 295 g/mol. The first-order valence-corrected chi connectivity index (χ1v) is 7.55. The summed E-state index contributed by atoms with van der Waals surface area (Å²) in [7, 11) is -1.81. The van der Waals surface area contributed by atoms with Crippen molar-refractivity contribution in [3.05, 3.63) is 36.4 Å². The van der Waals surface area contributed by atoms with Crippen molar-refractivity contribution in [2.24, 2.45) is 12.2 Å². The Morgan fingerprint density at radius 2 is 2.15 bits per heavy atom. The van der Waals surface area contributed by atoms with E-state index in [1.54, 1.807) is 6.20 Å². The predicted molar refractivity (Wildman–Crippen MR) is 77.6 cm³/mol. The minimum absolute atomic E-state index is 0.0335. The van der Waals surface area contributed by atoms with Crippen molar-refractivity contribution in [2.75, 3.05) is 17.6 Å². The zero-order valence-corrected chi connectivity index (χ0v) is 11.9. The maximum atomic E-state index is 11.3. The Balaban J connectivity index is 2.08. The van der Waals surface area contributed by atoms with Crippen LogP contribution in [0.4, 0.5) is 11.4 Å². The van der Waals surface area contributed by atoms with Gasteiger partial charge in [0.2, 0.25) is 10.0 Å². The molecule has 0 aliphatic heterocycles. The second kappa shape index (κ2) is 5.51. The molecule has 0 unspecified atom stereocenters. The molecular formula is C12H17N5O2S. The Morgan fingerprint density at radius 3 is 2.75 bits per heavy atom. The van der Waals surface area contributed by atoms with Gasteiger partial charge in [-0.1, -0.05) is 0 Å². The zero-order chi connectivity index (χ0) is 14.8. The molecule has 8 heteroatoms. The largest absolute Gasteiger partial charge is 0.397 e. The molecule has 1 heterocycles. The van der Waals surface area contributed by atoms with Crippen LogP contribution >= 0.6 is 0 Å². The standard InChI is InChI=1S/C12H17N5O2S/c1-17-7-6-16-12(17)4-5-15-11-8-9(20(14,18)19)2-3-10(11)13/h2-3,6-8,15H,4-5,13H2,1H3,(H2,14,18,19). The highest BCUT2D eigenvalue weighted by Crippen LogP contribution is 2.22. The number of aryl methyl sites for hydroxylation is 1. The summed E-state index contributed by atoms with van der Waals surface area (Å²) in [5.74, 6) is 0.929. The third-order valence-electron chi connectivity index (χ3n) is 2.94. The van der Waals surface area contributed by atoms with Crippen LogP contribution < -0.4 is 16.2 Å². The number of rotatable bonds is 5. The van der Waals surface area contributed by atoms with E-state index in [0.717, 1.165) is 5.82 Å². The number of hydrogen-bond donors (Lipinski definition) is 3. The van der Waals surface area contributed by atoms with Gasteiger partial charge in [0.05, 0.1) is 16.3 Å². The first-order valence-electron chi connectivity index (χ1n) is 6.00.